The zero-order valence-corrected chi connectivity index (χ0v) is 15.8. The lowest BCUT2D eigenvalue weighted by Crippen LogP contribution is -2.39. The molecule has 2 aliphatic heterocycles. The Hall–Kier alpha value is -2.90. The Morgan fingerprint density at radius 2 is 1.68 bits per heavy atom. The molecule has 8 heteroatoms. The highest BCUT2D eigenvalue weighted by molar-refractivity contribution is 5.98. The summed E-state index contributed by atoms with van der Waals surface area (Å²) in [7, 11) is 0. The lowest BCUT2D eigenvalue weighted by atomic mass is 10.1. The number of carbonyl (C=O) groups is 4. The second-order valence-corrected chi connectivity index (χ2v) is 6.98. The standard InChI is InChI=1S/C20H25N3O5/c24-17-5-4-12-23(17)16-8-6-15(7-9-16)20(27)21-13-19(26)28-14-18(25)22-10-2-1-3-11-22/h6-9H,1-5,10-14H2,(H,21,27). The molecule has 0 saturated carbocycles. The van der Waals surface area contributed by atoms with Crippen molar-refractivity contribution < 1.29 is 23.9 Å². The van der Waals surface area contributed by atoms with Gasteiger partial charge in [-0.1, -0.05) is 0 Å². The van der Waals surface area contributed by atoms with Gasteiger partial charge in [0.25, 0.3) is 11.8 Å². The van der Waals surface area contributed by atoms with Crippen LogP contribution in [0.3, 0.4) is 0 Å². The summed E-state index contributed by atoms with van der Waals surface area (Å²) in [6, 6.07) is 6.66. The summed E-state index contributed by atoms with van der Waals surface area (Å²) in [5, 5.41) is 2.48. The van der Waals surface area contributed by atoms with Gasteiger partial charge in [0.2, 0.25) is 5.91 Å². The van der Waals surface area contributed by atoms with E-state index in [2.05, 4.69) is 5.32 Å². The van der Waals surface area contributed by atoms with Gasteiger partial charge < -0.3 is 19.9 Å². The Morgan fingerprint density at radius 1 is 0.964 bits per heavy atom. The molecule has 1 aromatic carbocycles. The molecular formula is C20H25N3O5. The molecule has 0 atom stereocenters. The molecule has 28 heavy (non-hydrogen) atoms. The van der Waals surface area contributed by atoms with Gasteiger partial charge in [0, 0.05) is 37.3 Å². The number of esters is 1. The van der Waals surface area contributed by atoms with E-state index in [0.29, 0.717) is 31.6 Å². The Balaban J connectivity index is 1.41. The van der Waals surface area contributed by atoms with Crippen LogP contribution in [-0.4, -0.2) is 61.4 Å². The third-order valence-electron chi connectivity index (χ3n) is 4.97. The zero-order valence-electron chi connectivity index (χ0n) is 15.8. The molecule has 8 nitrogen and oxygen atoms in total. The summed E-state index contributed by atoms with van der Waals surface area (Å²) < 4.78 is 4.95. The molecule has 1 N–H and O–H groups in total. The number of hydrogen-bond acceptors (Lipinski definition) is 5. The van der Waals surface area contributed by atoms with Gasteiger partial charge in [0.15, 0.2) is 6.61 Å². The lowest BCUT2D eigenvalue weighted by molar-refractivity contribution is -0.151. The molecule has 2 saturated heterocycles. The van der Waals surface area contributed by atoms with Gasteiger partial charge in [0.05, 0.1) is 0 Å². The fourth-order valence-corrected chi connectivity index (χ4v) is 3.40. The SMILES string of the molecule is O=C(CNC(=O)c1ccc(N2CCCC2=O)cc1)OCC(=O)N1CCCCC1. The van der Waals surface area contributed by atoms with E-state index in [1.807, 2.05) is 0 Å². The smallest absolute Gasteiger partial charge is 0.325 e. The van der Waals surface area contributed by atoms with Gasteiger partial charge >= 0.3 is 5.97 Å². The first-order chi connectivity index (χ1) is 13.5. The normalized spacial score (nSPS) is 16.8. The highest BCUT2D eigenvalue weighted by Gasteiger charge is 2.22. The topological polar surface area (TPSA) is 96.0 Å². The van der Waals surface area contributed by atoms with Gasteiger partial charge in [-0.3, -0.25) is 19.2 Å². The number of rotatable bonds is 6. The number of nitrogens with zero attached hydrogens (tertiary/aromatic N) is 2. The Morgan fingerprint density at radius 3 is 2.32 bits per heavy atom. The quantitative estimate of drug-likeness (QED) is 0.738. The van der Waals surface area contributed by atoms with Gasteiger partial charge in [-0.05, 0) is 49.9 Å². The summed E-state index contributed by atoms with van der Waals surface area (Å²) in [6.45, 7) is 1.48. The van der Waals surface area contributed by atoms with Crippen molar-refractivity contribution >= 4 is 29.4 Å². The van der Waals surface area contributed by atoms with E-state index < -0.39 is 11.9 Å². The first kappa shape index (κ1) is 19.9. The number of hydrogen-bond donors (Lipinski definition) is 1. The van der Waals surface area contributed by atoms with E-state index in [9.17, 15) is 19.2 Å². The largest absolute Gasteiger partial charge is 0.454 e. The van der Waals surface area contributed by atoms with Gasteiger partial charge in [-0.25, -0.2) is 0 Å². The van der Waals surface area contributed by atoms with E-state index in [4.69, 9.17) is 4.74 Å². The van der Waals surface area contributed by atoms with Crippen molar-refractivity contribution in [2.75, 3.05) is 37.7 Å². The van der Waals surface area contributed by atoms with Crippen LogP contribution in [0.4, 0.5) is 5.69 Å². The van der Waals surface area contributed by atoms with Crippen molar-refractivity contribution in [2.24, 2.45) is 0 Å². The third kappa shape index (κ3) is 5.09. The monoisotopic (exact) mass is 387 g/mol. The van der Waals surface area contributed by atoms with Crippen LogP contribution < -0.4 is 10.2 Å². The fourth-order valence-electron chi connectivity index (χ4n) is 3.40. The van der Waals surface area contributed by atoms with Crippen LogP contribution in [0.25, 0.3) is 0 Å². The second-order valence-electron chi connectivity index (χ2n) is 6.98. The third-order valence-corrected chi connectivity index (χ3v) is 4.97. The minimum atomic E-state index is -0.655. The average molecular weight is 387 g/mol. The molecule has 0 unspecified atom stereocenters. The number of carbonyl (C=O) groups excluding carboxylic acids is 4. The molecule has 2 heterocycles. The molecule has 0 aromatic heterocycles. The molecule has 0 spiro atoms. The summed E-state index contributed by atoms with van der Waals surface area (Å²) in [5.41, 5.74) is 1.14. The van der Waals surface area contributed by atoms with Crippen LogP contribution in [0, 0.1) is 0 Å². The molecule has 0 bridgehead atoms. The Bertz CT molecular complexity index is 741. The second kappa shape index (κ2) is 9.34. The minimum Gasteiger partial charge on any atom is -0.454 e. The maximum Gasteiger partial charge on any atom is 0.325 e. The number of nitrogens with one attached hydrogen (secondary N) is 1. The summed E-state index contributed by atoms with van der Waals surface area (Å²) >= 11 is 0. The van der Waals surface area contributed by atoms with Crippen molar-refractivity contribution in [3.8, 4) is 0 Å². The molecule has 1 aromatic rings. The van der Waals surface area contributed by atoms with E-state index >= 15 is 0 Å². The predicted octanol–water partition coefficient (Wildman–Crippen LogP) is 1.10. The number of ether oxygens (including phenoxy) is 1. The van der Waals surface area contributed by atoms with Crippen molar-refractivity contribution in [1.29, 1.82) is 0 Å². The number of piperidine rings is 1. The molecular weight excluding hydrogens is 362 g/mol. The molecule has 0 radical (unpaired) electrons. The number of benzene rings is 1. The van der Waals surface area contributed by atoms with Crippen LogP contribution in [0.5, 0.6) is 0 Å². The van der Waals surface area contributed by atoms with Crippen LogP contribution >= 0.6 is 0 Å². The fraction of sp³-hybridized carbons (Fsp3) is 0.500. The maximum atomic E-state index is 12.2. The van der Waals surface area contributed by atoms with Crippen molar-refractivity contribution in [3.63, 3.8) is 0 Å². The van der Waals surface area contributed by atoms with Crippen LogP contribution in [-0.2, 0) is 19.1 Å². The Kier molecular flexibility index (Phi) is 6.62. The molecule has 2 aliphatic rings. The number of likely N-dealkylation sites (tertiary alicyclic amines) is 1. The highest BCUT2D eigenvalue weighted by Crippen LogP contribution is 2.21. The summed E-state index contributed by atoms with van der Waals surface area (Å²) in [4.78, 5) is 51.0. The van der Waals surface area contributed by atoms with E-state index in [0.717, 1.165) is 31.4 Å². The van der Waals surface area contributed by atoms with E-state index in [-0.39, 0.29) is 25.0 Å². The highest BCUT2D eigenvalue weighted by atomic mass is 16.5. The van der Waals surface area contributed by atoms with E-state index in [1.165, 1.54) is 0 Å². The summed E-state index contributed by atoms with van der Waals surface area (Å²) in [5.74, 6) is -1.19. The molecule has 3 rings (SSSR count). The van der Waals surface area contributed by atoms with Crippen molar-refractivity contribution in [2.45, 2.75) is 32.1 Å². The van der Waals surface area contributed by atoms with Gasteiger partial charge in [-0.15, -0.1) is 0 Å². The number of anilines is 1. The Labute approximate surface area is 163 Å². The lowest BCUT2D eigenvalue weighted by Gasteiger charge is -2.26. The molecule has 3 amide bonds. The predicted molar refractivity (Wildman–Crippen MR) is 102 cm³/mol. The van der Waals surface area contributed by atoms with Gasteiger partial charge in [0.1, 0.15) is 6.54 Å². The van der Waals surface area contributed by atoms with Crippen LogP contribution in [0.1, 0.15) is 42.5 Å². The van der Waals surface area contributed by atoms with Crippen molar-refractivity contribution in [3.05, 3.63) is 29.8 Å². The minimum absolute atomic E-state index is 0.0825. The van der Waals surface area contributed by atoms with Gasteiger partial charge in [-0.2, -0.15) is 0 Å². The first-order valence-electron chi connectivity index (χ1n) is 9.66. The zero-order chi connectivity index (χ0) is 19.9. The molecule has 150 valence electrons. The number of amides is 3. The summed E-state index contributed by atoms with van der Waals surface area (Å²) in [6.07, 6.45) is 4.44. The average Bonchev–Trinajstić information content (AvgIpc) is 3.16. The van der Waals surface area contributed by atoms with Crippen LogP contribution in [0.2, 0.25) is 0 Å². The first-order valence-corrected chi connectivity index (χ1v) is 9.66. The van der Waals surface area contributed by atoms with E-state index in [1.54, 1.807) is 34.1 Å². The maximum absolute atomic E-state index is 12.2. The van der Waals surface area contributed by atoms with Crippen LogP contribution in [0.15, 0.2) is 24.3 Å². The van der Waals surface area contributed by atoms with Crippen molar-refractivity contribution in [1.82, 2.24) is 10.2 Å². The molecule has 0 aliphatic carbocycles. The molecule has 2 fully saturated rings.